The van der Waals surface area contributed by atoms with Gasteiger partial charge in [0.2, 0.25) is 0 Å². The zero-order valence-corrected chi connectivity index (χ0v) is 9.68. The van der Waals surface area contributed by atoms with Crippen LogP contribution in [0.5, 0.6) is 0 Å². The number of hydrogen-bond donors (Lipinski definition) is 1. The molecular formula is C12H20N2O. The molecule has 0 bridgehead atoms. The van der Waals surface area contributed by atoms with Gasteiger partial charge in [0, 0.05) is 18.2 Å². The first-order chi connectivity index (χ1) is 7.31. The minimum Gasteiger partial charge on any atom is -0.374 e. The summed E-state index contributed by atoms with van der Waals surface area (Å²) >= 11 is 0. The van der Waals surface area contributed by atoms with Gasteiger partial charge in [-0.25, -0.2) is 4.98 Å². The molecule has 1 atom stereocenters. The van der Waals surface area contributed by atoms with Gasteiger partial charge < -0.3 is 9.72 Å². The van der Waals surface area contributed by atoms with E-state index in [4.69, 9.17) is 4.74 Å². The molecule has 0 amide bonds. The summed E-state index contributed by atoms with van der Waals surface area (Å²) in [7, 11) is 0. The molecule has 1 aliphatic carbocycles. The second-order valence-electron chi connectivity index (χ2n) is 4.39. The third-order valence-electron chi connectivity index (χ3n) is 2.98. The summed E-state index contributed by atoms with van der Waals surface area (Å²) in [5, 5.41) is 0. The molecule has 0 saturated heterocycles. The van der Waals surface area contributed by atoms with E-state index in [1.165, 1.54) is 24.2 Å². The van der Waals surface area contributed by atoms with Crippen molar-refractivity contribution < 1.29 is 4.74 Å². The van der Waals surface area contributed by atoms with E-state index in [-0.39, 0.29) is 0 Å². The molecule has 0 spiro atoms. The summed E-state index contributed by atoms with van der Waals surface area (Å²) in [6.07, 6.45) is 4.77. The largest absolute Gasteiger partial charge is 0.374 e. The van der Waals surface area contributed by atoms with Crippen LogP contribution in [0.1, 0.15) is 56.2 Å². The highest BCUT2D eigenvalue weighted by molar-refractivity contribution is 5.21. The minimum absolute atomic E-state index is 0.616. The molecule has 0 aromatic carbocycles. The van der Waals surface area contributed by atoms with E-state index in [2.05, 4.69) is 23.8 Å². The lowest BCUT2D eigenvalue weighted by molar-refractivity contribution is 0.116. The molecule has 0 fully saturated rings. The molecule has 1 aromatic heterocycles. The number of aromatic amines is 1. The van der Waals surface area contributed by atoms with Crippen molar-refractivity contribution in [3.8, 4) is 0 Å². The normalized spacial score (nSPS) is 20.3. The Bertz CT molecular complexity index is 319. The molecule has 15 heavy (non-hydrogen) atoms. The van der Waals surface area contributed by atoms with Crippen molar-refractivity contribution in [2.75, 3.05) is 6.61 Å². The molecule has 84 valence electrons. The van der Waals surface area contributed by atoms with Crippen LogP contribution in [0.2, 0.25) is 0 Å². The van der Waals surface area contributed by atoms with Crippen molar-refractivity contribution >= 4 is 0 Å². The van der Waals surface area contributed by atoms with Crippen LogP contribution in [-0.4, -0.2) is 16.6 Å². The summed E-state index contributed by atoms with van der Waals surface area (Å²) < 4.78 is 5.49. The molecule has 1 N–H and O–H groups in total. The predicted octanol–water partition coefficient (Wildman–Crippen LogP) is 2.78. The van der Waals surface area contributed by atoms with E-state index in [0.29, 0.717) is 12.5 Å². The number of nitrogens with one attached hydrogen (secondary N) is 1. The van der Waals surface area contributed by atoms with Gasteiger partial charge in [0.15, 0.2) is 0 Å². The van der Waals surface area contributed by atoms with E-state index in [9.17, 15) is 0 Å². The topological polar surface area (TPSA) is 37.9 Å². The zero-order valence-electron chi connectivity index (χ0n) is 9.68. The maximum absolute atomic E-state index is 5.49. The van der Waals surface area contributed by atoms with E-state index >= 15 is 0 Å². The molecule has 1 unspecified atom stereocenters. The number of nitrogens with zero attached hydrogens (tertiary/aromatic N) is 1. The molecule has 0 saturated carbocycles. The van der Waals surface area contributed by atoms with E-state index < -0.39 is 0 Å². The van der Waals surface area contributed by atoms with Gasteiger partial charge in [-0.1, -0.05) is 13.8 Å². The third-order valence-corrected chi connectivity index (χ3v) is 2.98. The fourth-order valence-corrected chi connectivity index (χ4v) is 2.18. The highest BCUT2D eigenvalue weighted by Gasteiger charge is 2.20. The van der Waals surface area contributed by atoms with E-state index in [0.717, 1.165) is 25.3 Å². The van der Waals surface area contributed by atoms with Crippen molar-refractivity contribution in [3.63, 3.8) is 0 Å². The average Bonchev–Trinajstić information content (AvgIpc) is 2.63. The van der Waals surface area contributed by atoms with Gasteiger partial charge in [0.1, 0.15) is 12.4 Å². The molecule has 1 heterocycles. The van der Waals surface area contributed by atoms with Gasteiger partial charge in [-0.3, -0.25) is 0 Å². The summed E-state index contributed by atoms with van der Waals surface area (Å²) in [5.74, 6) is 1.62. The second kappa shape index (κ2) is 4.79. The Morgan fingerprint density at radius 3 is 3.13 bits per heavy atom. The number of H-pyrrole nitrogens is 1. The first-order valence-electron chi connectivity index (χ1n) is 5.96. The number of ether oxygens (including phenoxy) is 1. The van der Waals surface area contributed by atoms with E-state index in [1.54, 1.807) is 0 Å². The highest BCUT2D eigenvalue weighted by atomic mass is 16.5. The Kier molecular flexibility index (Phi) is 3.41. The average molecular weight is 208 g/mol. The smallest absolute Gasteiger partial charge is 0.132 e. The SMILES string of the molecule is CCCOCc1nc2c([nH]1)CCCC2C. The minimum atomic E-state index is 0.616. The molecule has 3 heteroatoms. The Hall–Kier alpha value is -0.830. The lowest BCUT2D eigenvalue weighted by atomic mass is 9.92. The van der Waals surface area contributed by atoms with Gasteiger partial charge >= 0.3 is 0 Å². The number of imidazole rings is 1. The van der Waals surface area contributed by atoms with Crippen LogP contribution in [0, 0.1) is 0 Å². The maximum Gasteiger partial charge on any atom is 0.132 e. The van der Waals surface area contributed by atoms with Gasteiger partial charge in [-0.15, -0.1) is 0 Å². The Balaban J connectivity index is 2.01. The number of hydrogen-bond acceptors (Lipinski definition) is 2. The number of aromatic nitrogens is 2. The van der Waals surface area contributed by atoms with Gasteiger partial charge in [0.05, 0.1) is 5.69 Å². The molecule has 0 aliphatic heterocycles. The number of fused-ring (bicyclic) bond motifs is 1. The van der Waals surface area contributed by atoms with Crippen LogP contribution in [-0.2, 0) is 17.8 Å². The van der Waals surface area contributed by atoms with Crippen molar-refractivity contribution in [2.24, 2.45) is 0 Å². The van der Waals surface area contributed by atoms with Gasteiger partial charge in [-0.05, 0) is 25.7 Å². The van der Waals surface area contributed by atoms with E-state index in [1.807, 2.05) is 0 Å². The molecule has 0 radical (unpaired) electrons. The summed E-state index contributed by atoms with van der Waals surface area (Å²) in [4.78, 5) is 8.01. The highest BCUT2D eigenvalue weighted by Crippen LogP contribution is 2.29. The standard InChI is InChI=1S/C12H20N2O/c1-3-7-15-8-11-13-10-6-4-5-9(2)12(10)14-11/h9H,3-8H2,1-2H3,(H,13,14). The van der Waals surface area contributed by atoms with Crippen molar-refractivity contribution in [2.45, 2.75) is 52.1 Å². The summed E-state index contributed by atoms with van der Waals surface area (Å²) in [5.41, 5.74) is 2.61. The van der Waals surface area contributed by atoms with Crippen LogP contribution in [0.25, 0.3) is 0 Å². The molecule has 1 aromatic rings. The Labute approximate surface area is 91.3 Å². The third kappa shape index (κ3) is 2.40. The lowest BCUT2D eigenvalue weighted by Crippen LogP contribution is -2.05. The lowest BCUT2D eigenvalue weighted by Gasteiger charge is -2.15. The monoisotopic (exact) mass is 208 g/mol. The zero-order chi connectivity index (χ0) is 10.7. The van der Waals surface area contributed by atoms with Crippen LogP contribution < -0.4 is 0 Å². The van der Waals surface area contributed by atoms with Crippen LogP contribution >= 0.6 is 0 Å². The number of aryl methyl sites for hydroxylation is 1. The predicted molar refractivity (Wildman–Crippen MR) is 59.9 cm³/mol. The van der Waals surface area contributed by atoms with Crippen molar-refractivity contribution in [3.05, 3.63) is 17.2 Å². The second-order valence-corrected chi connectivity index (χ2v) is 4.39. The number of rotatable bonds is 4. The van der Waals surface area contributed by atoms with Crippen LogP contribution in [0.15, 0.2) is 0 Å². The molecule has 1 aliphatic rings. The Morgan fingerprint density at radius 2 is 2.40 bits per heavy atom. The van der Waals surface area contributed by atoms with Crippen molar-refractivity contribution in [1.29, 1.82) is 0 Å². The maximum atomic E-state index is 5.49. The molecular weight excluding hydrogens is 188 g/mol. The van der Waals surface area contributed by atoms with Crippen LogP contribution in [0.4, 0.5) is 0 Å². The van der Waals surface area contributed by atoms with Crippen LogP contribution in [0.3, 0.4) is 0 Å². The molecule has 3 nitrogen and oxygen atoms in total. The quantitative estimate of drug-likeness (QED) is 0.773. The van der Waals surface area contributed by atoms with Crippen molar-refractivity contribution in [1.82, 2.24) is 9.97 Å². The van der Waals surface area contributed by atoms with Gasteiger partial charge in [0.25, 0.3) is 0 Å². The summed E-state index contributed by atoms with van der Waals surface area (Å²) in [6.45, 7) is 5.83. The Morgan fingerprint density at radius 1 is 1.53 bits per heavy atom. The first-order valence-corrected chi connectivity index (χ1v) is 5.96. The van der Waals surface area contributed by atoms with Gasteiger partial charge in [-0.2, -0.15) is 0 Å². The fraction of sp³-hybridized carbons (Fsp3) is 0.750. The molecule has 2 rings (SSSR count). The fourth-order valence-electron chi connectivity index (χ4n) is 2.18. The summed E-state index contributed by atoms with van der Waals surface area (Å²) in [6, 6.07) is 0. The first kappa shape index (κ1) is 10.7.